The summed E-state index contributed by atoms with van der Waals surface area (Å²) in [5.41, 5.74) is 0.680. The average Bonchev–Trinajstić information content (AvgIpc) is 2.68. The fourth-order valence-electron chi connectivity index (χ4n) is 1.52. The van der Waals surface area contributed by atoms with E-state index in [2.05, 4.69) is 10.2 Å². The van der Waals surface area contributed by atoms with Crippen molar-refractivity contribution < 1.29 is 13.2 Å². The van der Waals surface area contributed by atoms with Gasteiger partial charge in [-0.05, 0) is 11.6 Å². The van der Waals surface area contributed by atoms with Crippen LogP contribution in [0.25, 0.3) is 11.4 Å². The molecule has 2 aromatic rings. The van der Waals surface area contributed by atoms with Crippen LogP contribution < -0.4 is 0 Å². The second-order valence-corrected chi connectivity index (χ2v) is 4.01. The van der Waals surface area contributed by atoms with Crippen molar-refractivity contribution in [3.05, 3.63) is 35.6 Å². The van der Waals surface area contributed by atoms with E-state index in [9.17, 15) is 13.2 Å². The van der Waals surface area contributed by atoms with Gasteiger partial charge in [0.15, 0.2) is 5.82 Å². The number of halogens is 4. The third kappa shape index (κ3) is 3.01. The maximum absolute atomic E-state index is 12.2. The lowest BCUT2D eigenvalue weighted by molar-refractivity contribution is -0.136. The molecule has 0 radical (unpaired) electrons. The number of alkyl halides is 3. The Labute approximate surface area is 106 Å². The number of nitrogens with zero attached hydrogens (tertiary/aromatic N) is 3. The molecule has 1 heterocycles. The molecule has 0 aliphatic heterocycles. The van der Waals surface area contributed by atoms with Gasteiger partial charge in [0.2, 0.25) is 5.28 Å². The highest BCUT2D eigenvalue weighted by Gasteiger charge is 2.28. The summed E-state index contributed by atoms with van der Waals surface area (Å²) < 4.78 is 37.9. The van der Waals surface area contributed by atoms with Crippen LogP contribution in [0.15, 0.2) is 30.3 Å². The van der Waals surface area contributed by atoms with Gasteiger partial charge in [0.05, 0.1) is 6.42 Å². The molecule has 0 saturated heterocycles. The van der Waals surface area contributed by atoms with E-state index in [1.807, 2.05) is 6.07 Å². The zero-order valence-corrected chi connectivity index (χ0v) is 9.91. The molecule has 18 heavy (non-hydrogen) atoms. The largest absolute Gasteiger partial charge is 0.390 e. The first-order chi connectivity index (χ1) is 8.47. The predicted octanol–water partition coefficient (Wildman–Crippen LogP) is 3.55. The summed E-state index contributed by atoms with van der Waals surface area (Å²) in [5.74, 6) is 0.338. The summed E-state index contributed by atoms with van der Waals surface area (Å²) in [6.07, 6.45) is -5.20. The van der Waals surface area contributed by atoms with Gasteiger partial charge in [-0.2, -0.15) is 13.2 Å². The summed E-state index contributed by atoms with van der Waals surface area (Å²) in [6, 6.07) is 8.83. The van der Waals surface area contributed by atoms with Crippen LogP contribution in [-0.4, -0.2) is 20.9 Å². The Morgan fingerprint density at radius 1 is 1.11 bits per heavy atom. The minimum atomic E-state index is -4.23. The van der Waals surface area contributed by atoms with E-state index in [0.717, 1.165) is 0 Å². The lowest BCUT2D eigenvalue weighted by atomic mass is 10.2. The number of benzene rings is 1. The first kappa shape index (κ1) is 12.9. The van der Waals surface area contributed by atoms with Crippen molar-refractivity contribution in [2.24, 2.45) is 0 Å². The van der Waals surface area contributed by atoms with Gasteiger partial charge in [0.1, 0.15) is 0 Å². The van der Waals surface area contributed by atoms with Crippen LogP contribution in [0.3, 0.4) is 0 Å². The van der Waals surface area contributed by atoms with Gasteiger partial charge in [0.25, 0.3) is 0 Å². The second kappa shape index (κ2) is 4.97. The molecule has 0 bridgehead atoms. The molecule has 0 aliphatic rings. The number of rotatable bonds is 3. The predicted molar refractivity (Wildman–Crippen MR) is 61.1 cm³/mol. The number of aromatic nitrogens is 3. The topological polar surface area (TPSA) is 30.7 Å². The molecule has 7 heteroatoms. The van der Waals surface area contributed by atoms with E-state index in [1.165, 1.54) is 4.57 Å². The second-order valence-electron chi connectivity index (χ2n) is 3.68. The van der Waals surface area contributed by atoms with E-state index in [0.29, 0.717) is 11.4 Å². The molecule has 0 saturated carbocycles. The molecule has 2 rings (SSSR count). The number of hydrogen-bond donors (Lipinski definition) is 0. The zero-order valence-electron chi connectivity index (χ0n) is 9.15. The Morgan fingerprint density at radius 3 is 2.39 bits per heavy atom. The monoisotopic (exact) mass is 275 g/mol. The van der Waals surface area contributed by atoms with Crippen molar-refractivity contribution in [3.63, 3.8) is 0 Å². The van der Waals surface area contributed by atoms with Crippen LogP contribution in [-0.2, 0) is 6.54 Å². The van der Waals surface area contributed by atoms with Gasteiger partial charge < -0.3 is 0 Å². The quantitative estimate of drug-likeness (QED) is 0.858. The highest BCUT2D eigenvalue weighted by molar-refractivity contribution is 6.28. The molecule has 0 atom stereocenters. The molecule has 1 aromatic heterocycles. The van der Waals surface area contributed by atoms with Crippen LogP contribution in [0.2, 0.25) is 5.28 Å². The van der Waals surface area contributed by atoms with Crippen molar-refractivity contribution in [1.29, 1.82) is 0 Å². The molecule has 0 N–H and O–H groups in total. The zero-order chi connectivity index (χ0) is 13.2. The van der Waals surface area contributed by atoms with E-state index in [4.69, 9.17) is 11.6 Å². The first-order valence-corrected chi connectivity index (χ1v) is 5.56. The fraction of sp³-hybridized carbons (Fsp3) is 0.273. The van der Waals surface area contributed by atoms with Gasteiger partial charge in [-0.15, -0.1) is 10.2 Å². The molecule has 0 fully saturated rings. The van der Waals surface area contributed by atoms with Crippen LogP contribution in [0.1, 0.15) is 6.42 Å². The minimum absolute atomic E-state index is 0.0434. The molecule has 96 valence electrons. The van der Waals surface area contributed by atoms with Crippen LogP contribution >= 0.6 is 11.6 Å². The smallest absolute Gasteiger partial charge is 0.297 e. The highest BCUT2D eigenvalue weighted by atomic mass is 35.5. The van der Waals surface area contributed by atoms with Crippen LogP contribution in [0, 0.1) is 0 Å². The molecule has 0 amide bonds. The van der Waals surface area contributed by atoms with E-state index in [-0.39, 0.29) is 11.8 Å². The molecule has 0 spiro atoms. The Hall–Kier alpha value is -1.56. The van der Waals surface area contributed by atoms with Crippen LogP contribution in [0.4, 0.5) is 13.2 Å². The average molecular weight is 276 g/mol. The third-order valence-electron chi connectivity index (χ3n) is 2.36. The molecule has 0 unspecified atom stereocenters. The number of hydrogen-bond acceptors (Lipinski definition) is 2. The standard InChI is InChI=1S/C11H9ClF3N3/c12-10-17-16-9(8-4-2-1-3-5-8)18(10)7-6-11(13,14)15/h1-5H,6-7H2. The highest BCUT2D eigenvalue weighted by Crippen LogP contribution is 2.25. The van der Waals surface area contributed by atoms with Gasteiger partial charge >= 0.3 is 6.18 Å². The van der Waals surface area contributed by atoms with Crippen molar-refractivity contribution in [3.8, 4) is 11.4 Å². The lowest BCUT2D eigenvalue weighted by Crippen LogP contribution is -2.13. The van der Waals surface area contributed by atoms with Crippen molar-refractivity contribution >= 4 is 11.6 Å². The normalized spacial score (nSPS) is 11.8. The molecule has 3 nitrogen and oxygen atoms in total. The van der Waals surface area contributed by atoms with E-state index >= 15 is 0 Å². The Kier molecular flexibility index (Phi) is 3.56. The Bertz CT molecular complexity index is 522. The molecule has 1 aromatic carbocycles. The van der Waals surface area contributed by atoms with Gasteiger partial charge in [-0.1, -0.05) is 30.3 Å². The van der Waals surface area contributed by atoms with Gasteiger partial charge in [0, 0.05) is 12.1 Å². The Balaban J connectivity index is 2.28. The SMILES string of the molecule is FC(F)(F)CCn1c(Cl)nnc1-c1ccccc1. The maximum atomic E-state index is 12.2. The first-order valence-electron chi connectivity index (χ1n) is 5.18. The minimum Gasteiger partial charge on any atom is -0.297 e. The summed E-state index contributed by atoms with van der Waals surface area (Å²) in [5, 5.41) is 7.36. The maximum Gasteiger partial charge on any atom is 0.390 e. The summed E-state index contributed by atoms with van der Waals surface area (Å²) in [4.78, 5) is 0. The van der Waals surface area contributed by atoms with E-state index in [1.54, 1.807) is 24.3 Å². The molecular formula is C11H9ClF3N3. The van der Waals surface area contributed by atoms with Crippen molar-refractivity contribution in [2.75, 3.05) is 0 Å². The Morgan fingerprint density at radius 2 is 1.78 bits per heavy atom. The third-order valence-corrected chi connectivity index (χ3v) is 2.64. The van der Waals surface area contributed by atoms with E-state index < -0.39 is 12.6 Å². The summed E-state index contributed by atoms with van der Waals surface area (Å²) in [6.45, 7) is -0.292. The fourth-order valence-corrected chi connectivity index (χ4v) is 1.72. The van der Waals surface area contributed by atoms with Gasteiger partial charge in [-0.25, -0.2) is 0 Å². The summed E-state index contributed by atoms with van der Waals surface area (Å²) in [7, 11) is 0. The van der Waals surface area contributed by atoms with Crippen molar-refractivity contribution in [2.45, 2.75) is 19.1 Å². The van der Waals surface area contributed by atoms with Crippen LogP contribution in [0.5, 0.6) is 0 Å². The molecular weight excluding hydrogens is 267 g/mol. The molecule has 0 aliphatic carbocycles. The summed E-state index contributed by atoms with van der Waals surface area (Å²) >= 11 is 5.75. The van der Waals surface area contributed by atoms with Gasteiger partial charge in [-0.3, -0.25) is 4.57 Å². The lowest BCUT2D eigenvalue weighted by Gasteiger charge is -2.09. The van der Waals surface area contributed by atoms with Crippen molar-refractivity contribution in [1.82, 2.24) is 14.8 Å².